The molecule has 2 atom stereocenters. The van der Waals surface area contributed by atoms with Gasteiger partial charge in [0.25, 0.3) is 0 Å². The Morgan fingerprint density at radius 3 is 1.13 bits per heavy atom. The van der Waals surface area contributed by atoms with Gasteiger partial charge in [0.1, 0.15) is 18.8 Å². The van der Waals surface area contributed by atoms with E-state index in [9.17, 15) is 38.4 Å². The summed E-state index contributed by atoms with van der Waals surface area (Å²) in [6.07, 6.45) is 15.2. The minimum absolute atomic E-state index is 0.0137. The molecule has 3 heterocycles. The Bertz CT molecular complexity index is 2190. The van der Waals surface area contributed by atoms with E-state index in [0.717, 1.165) is 111 Å². The SMILES string of the molecule is CCCCCCC(C)(C)C(=O)OCC(CN1CC1)OC(=O)NCCCCCCn1c(=O)n(CCCCCCNC(=O)OC(COC(=O)C(C)(C)CCCCCC)CN2CC2)c(=O)n(CCCCCCNC(=O)OC(C)(C)CCOC(C)(C)C)c1=O. The topological polar surface area (TPSA) is 249 Å². The highest BCUT2D eigenvalue weighted by Crippen LogP contribution is 2.28. The molecule has 1 aromatic rings. The van der Waals surface area contributed by atoms with E-state index in [0.29, 0.717) is 116 Å². The number of nitrogens with zero attached hydrogens (tertiary/aromatic N) is 5. The van der Waals surface area contributed by atoms with Gasteiger partial charge in [-0.05, 0) is 114 Å². The van der Waals surface area contributed by atoms with Crippen molar-refractivity contribution in [2.24, 2.45) is 10.8 Å². The van der Waals surface area contributed by atoms with Gasteiger partial charge < -0.3 is 44.4 Å². The van der Waals surface area contributed by atoms with Crippen molar-refractivity contribution in [1.29, 1.82) is 0 Å². The number of hydrogen-bond donors (Lipinski definition) is 3. The number of esters is 2. The van der Waals surface area contributed by atoms with Crippen LogP contribution in [0.25, 0.3) is 0 Å². The van der Waals surface area contributed by atoms with Crippen LogP contribution in [-0.2, 0) is 57.6 Å². The first-order valence-electron chi connectivity index (χ1n) is 32.5. The molecule has 2 aliphatic rings. The summed E-state index contributed by atoms with van der Waals surface area (Å²) >= 11 is 0. The Morgan fingerprint density at radius 2 is 0.788 bits per heavy atom. The summed E-state index contributed by atoms with van der Waals surface area (Å²) in [5, 5.41) is 8.43. The highest BCUT2D eigenvalue weighted by Gasteiger charge is 2.34. The molecule has 0 saturated carbocycles. The lowest BCUT2D eigenvalue weighted by atomic mass is 9.87. The average Bonchev–Trinajstić information content (AvgIpc) is 3.44. The fourth-order valence-corrected chi connectivity index (χ4v) is 9.65. The highest BCUT2D eigenvalue weighted by molar-refractivity contribution is 5.76. The van der Waals surface area contributed by atoms with Crippen molar-refractivity contribution >= 4 is 30.2 Å². The van der Waals surface area contributed by atoms with Gasteiger partial charge in [0.2, 0.25) is 0 Å². The maximum Gasteiger partial charge on any atom is 0.407 e. The van der Waals surface area contributed by atoms with Crippen molar-refractivity contribution in [3.63, 3.8) is 0 Å². The molecule has 3 N–H and O–H groups in total. The molecule has 1 aromatic heterocycles. The Morgan fingerprint density at radius 1 is 0.447 bits per heavy atom. The zero-order valence-corrected chi connectivity index (χ0v) is 54.5. The molecule has 490 valence electrons. The number of ether oxygens (including phenoxy) is 6. The summed E-state index contributed by atoms with van der Waals surface area (Å²) in [5.41, 5.74) is -4.19. The van der Waals surface area contributed by atoms with Crippen molar-refractivity contribution in [3.05, 3.63) is 31.5 Å². The van der Waals surface area contributed by atoms with Crippen LogP contribution in [0.4, 0.5) is 14.4 Å². The molecule has 2 fully saturated rings. The molecule has 0 spiro atoms. The molecule has 3 amide bonds. The molecule has 22 heteroatoms. The molecule has 22 nitrogen and oxygen atoms in total. The van der Waals surface area contributed by atoms with E-state index in [1.807, 2.05) is 62.3 Å². The van der Waals surface area contributed by atoms with Gasteiger partial charge in [0.15, 0.2) is 12.2 Å². The van der Waals surface area contributed by atoms with Gasteiger partial charge in [-0.1, -0.05) is 104 Å². The lowest BCUT2D eigenvalue weighted by Gasteiger charge is -2.27. The molecule has 3 rings (SSSR count). The van der Waals surface area contributed by atoms with Crippen LogP contribution in [0.15, 0.2) is 14.4 Å². The van der Waals surface area contributed by atoms with Gasteiger partial charge in [-0.3, -0.25) is 19.4 Å². The quantitative estimate of drug-likeness (QED) is 0.0238. The summed E-state index contributed by atoms with van der Waals surface area (Å²) in [6.45, 7) is 27.9. The largest absolute Gasteiger partial charge is 0.461 e. The lowest BCUT2D eigenvalue weighted by molar-refractivity contribution is -0.158. The number of carbonyl (C=O) groups is 5. The number of hydrogen-bond acceptors (Lipinski definition) is 16. The van der Waals surface area contributed by atoms with Crippen LogP contribution in [0.1, 0.15) is 224 Å². The van der Waals surface area contributed by atoms with E-state index in [2.05, 4.69) is 39.6 Å². The van der Waals surface area contributed by atoms with E-state index in [-0.39, 0.29) is 50.4 Å². The number of nitrogens with one attached hydrogen (secondary N) is 3. The van der Waals surface area contributed by atoms with Gasteiger partial charge in [-0.25, -0.2) is 42.5 Å². The van der Waals surface area contributed by atoms with Crippen LogP contribution < -0.4 is 33.0 Å². The summed E-state index contributed by atoms with van der Waals surface area (Å²) in [5.74, 6) is -0.590. The maximum absolute atomic E-state index is 13.9. The second-order valence-electron chi connectivity index (χ2n) is 26.4. The zero-order chi connectivity index (χ0) is 62.9. The van der Waals surface area contributed by atoms with Crippen LogP contribution in [0.2, 0.25) is 0 Å². The molecule has 0 aliphatic carbocycles. The minimum Gasteiger partial charge on any atom is -0.461 e. The fraction of sp³-hybridized carbons (Fsp3) is 0.873. The molecule has 0 radical (unpaired) electrons. The predicted molar refractivity (Wildman–Crippen MR) is 330 cm³/mol. The summed E-state index contributed by atoms with van der Waals surface area (Å²) in [6, 6.07) is 0. The van der Waals surface area contributed by atoms with E-state index in [1.165, 1.54) is 0 Å². The second kappa shape index (κ2) is 39.0. The van der Waals surface area contributed by atoms with Crippen LogP contribution in [-0.4, -0.2) is 156 Å². The molecule has 2 saturated heterocycles. The number of amides is 3. The third-order valence-electron chi connectivity index (χ3n) is 15.5. The molecular weight excluding hydrogens is 1090 g/mol. The van der Waals surface area contributed by atoms with E-state index in [4.69, 9.17) is 28.4 Å². The minimum atomic E-state index is -0.704. The Kier molecular flexibility index (Phi) is 34.1. The van der Waals surface area contributed by atoms with Gasteiger partial charge in [0, 0.05) is 85.0 Å². The van der Waals surface area contributed by atoms with E-state index >= 15 is 0 Å². The second-order valence-corrected chi connectivity index (χ2v) is 26.4. The molecule has 2 aliphatic heterocycles. The maximum atomic E-state index is 13.9. The average molecular weight is 1210 g/mol. The standard InChI is InChI=1S/C63H114N8O14/c1-12-14-16-24-32-61(6,7)52(72)80-48-50(46-67-41-42-67)83-54(74)64-35-26-18-21-29-38-69-57(77)70(59(79)71(58(69)78)40-31-23-20-28-37-66-56(76)85-63(10,11)34-45-82-60(3,4)5)39-30-22-19-27-36-65-55(75)84-51(47-68-43-44-68)49-81-53(73)62(8,9)33-25-17-15-13-2/h50-51H,12-49H2,1-11H3,(H,64,74)(H,65,75)(H,66,76). The molecule has 85 heavy (non-hydrogen) atoms. The van der Waals surface area contributed by atoms with Gasteiger partial charge in [-0.15, -0.1) is 0 Å². The van der Waals surface area contributed by atoms with E-state index in [1.54, 1.807) is 0 Å². The molecule has 0 aromatic carbocycles. The van der Waals surface area contributed by atoms with Crippen molar-refractivity contribution in [3.8, 4) is 0 Å². The summed E-state index contributed by atoms with van der Waals surface area (Å²) in [7, 11) is 0. The summed E-state index contributed by atoms with van der Waals surface area (Å²) in [4.78, 5) is 110. The monoisotopic (exact) mass is 1210 g/mol. The first-order valence-corrected chi connectivity index (χ1v) is 32.5. The van der Waals surface area contributed by atoms with Crippen LogP contribution in [0.5, 0.6) is 0 Å². The molecular formula is C63H114N8O14. The van der Waals surface area contributed by atoms with Crippen molar-refractivity contribution in [2.45, 2.75) is 267 Å². The van der Waals surface area contributed by atoms with Gasteiger partial charge in [0.05, 0.1) is 23.0 Å². The Hall–Kier alpha value is -4.96. The van der Waals surface area contributed by atoms with Crippen LogP contribution in [0.3, 0.4) is 0 Å². The first kappa shape index (κ1) is 74.3. The Labute approximate surface area is 508 Å². The van der Waals surface area contributed by atoms with Crippen molar-refractivity contribution < 1.29 is 52.4 Å². The van der Waals surface area contributed by atoms with E-state index < -0.39 is 64.0 Å². The van der Waals surface area contributed by atoms with Gasteiger partial charge in [-0.2, -0.15) is 0 Å². The first-order chi connectivity index (χ1) is 40.3. The van der Waals surface area contributed by atoms with Crippen LogP contribution >= 0.6 is 0 Å². The van der Waals surface area contributed by atoms with Crippen LogP contribution in [0, 0.1) is 10.8 Å². The number of aromatic nitrogens is 3. The lowest BCUT2D eigenvalue weighted by Crippen LogP contribution is -2.54. The third-order valence-corrected chi connectivity index (χ3v) is 15.5. The number of carbonyl (C=O) groups excluding carboxylic acids is 5. The van der Waals surface area contributed by atoms with Crippen molar-refractivity contribution in [2.75, 3.05) is 78.7 Å². The molecule has 0 bridgehead atoms. The molecule has 2 unspecified atom stereocenters. The highest BCUT2D eigenvalue weighted by atomic mass is 16.6. The Balaban J connectivity index is 1.52. The predicted octanol–water partition coefficient (Wildman–Crippen LogP) is 9.46. The third kappa shape index (κ3) is 32.6. The van der Waals surface area contributed by atoms with Gasteiger partial charge >= 0.3 is 47.3 Å². The number of alkyl carbamates (subject to hydrolysis) is 3. The smallest absolute Gasteiger partial charge is 0.407 e. The fourth-order valence-electron chi connectivity index (χ4n) is 9.65. The summed E-state index contributed by atoms with van der Waals surface area (Å²) < 4.78 is 37.6. The zero-order valence-electron chi connectivity index (χ0n) is 54.5. The normalized spacial score (nSPS) is 14.5. The number of rotatable bonds is 47. The van der Waals surface area contributed by atoms with Crippen molar-refractivity contribution in [1.82, 2.24) is 39.5 Å². The number of unbranched alkanes of at least 4 members (excludes halogenated alkanes) is 15.